The van der Waals surface area contributed by atoms with E-state index in [1.807, 2.05) is 0 Å². The van der Waals surface area contributed by atoms with E-state index < -0.39 is 16.1 Å². The first kappa shape index (κ1) is 15.7. The van der Waals surface area contributed by atoms with Crippen LogP contribution in [0.1, 0.15) is 13.3 Å². The zero-order valence-electron chi connectivity index (χ0n) is 11.4. The van der Waals surface area contributed by atoms with Crippen molar-refractivity contribution >= 4 is 21.4 Å². The first-order valence-corrected chi connectivity index (χ1v) is 7.43. The average molecular weight is 287 g/mol. The molecule has 0 saturated heterocycles. The Morgan fingerprint density at radius 3 is 2.58 bits per heavy atom. The molecule has 0 spiro atoms. The molecule has 19 heavy (non-hydrogen) atoms. The van der Waals surface area contributed by atoms with Gasteiger partial charge in [0.1, 0.15) is 4.90 Å². The number of nitrogens with one attached hydrogen (secondary N) is 1. The van der Waals surface area contributed by atoms with Gasteiger partial charge in [-0.2, -0.15) is 0 Å². The van der Waals surface area contributed by atoms with E-state index in [2.05, 4.69) is 5.32 Å². The van der Waals surface area contributed by atoms with E-state index in [0.29, 0.717) is 18.7 Å². The van der Waals surface area contributed by atoms with Crippen LogP contribution in [0.3, 0.4) is 0 Å². The summed E-state index contributed by atoms with van der Waals surface area (Å²) in [7, 11) is -0.631. The lowest BCUT2D eigenvalue weighted by Crippen LogP contribution is -2.23. The van der Waals surface area contributed by atoms with Gasteiger partial charge in [0.2, 0.25) is 10.0 Å². The zero-order valence-corrected chi connectivity index (χ0v) is 12.2. The maximum atomic E-state index is 12.1. The highest BCUT2D eigenvalue weighted by Gasteiger charge is 2.21. The summed E-state index contributed by atoms with van der Waals surface area (Å²) in [6, 6.07) is 4.83. The number of sulfonamides is 1. The molecular formula is C12H21N3O3S. The third-order valence-electron chi connectivity index (χ3n) is 2.70. The summed E-state index contributed by atoms with van der Waals surface area (Å²) in [6.07, 6.45) is 0.145. The second kappa shape index (κ2) is 6.23. The number of para-hydroxylation sites is 1. The molecule has 0 aliphatic rings. The van der Waals surface area contributed by atoms with E-state index in [1.54, 1.807) is 19.1 Å². The third kappa shape index (κ3) is 3.82. The van der Waals surface area contributed by atoms with Gasteiger partial charge in [-0.3, -0.25) is 0 Å². The van der Waals surface area contributed by atoms with Crippen molar-refractivity contribution in [3.63, 3.8) is 0 Å². The summed E-state index contributed by atoms with van der Waals surface area (Å²) < 4.78 is 25.3. The van der Waals surface area contributed by atoms with E-state index >= 15 is 0 Å². The van der Waals surface area contributed by atoms with Crippen LogP contribution in [0.25, 0.3) is 0 Å². The van der Waals surface area contributed by atoms with Crippen molar-refractivity contribution in [2.45, 2.75) is 24.3 Å². The van der Waals surface area contributed by atoms with Crippen LogP contribution >= 0.6 is 0 Å². The van der Waals surface area contributed by atoms with Crippen LogP contribution in [0.5, 0.6) is 0 Å². The van der Waals surface area contributed by atoms with Crippen LogP contribution in [0.2, 0.25) is 0 Å². The Morgan fingerprint density at radius 2 is 2.05 bits per heavy atom. The van der Waals surface area contributed by atoms with Crippen molar-refractivity contribution in [3.05, 3.63) is 18.2 Å². The molecule has 1 unspecified atom stereocenters. The Labute approximate surface area is 114 Å². The van der Waals surface area contributed by atoms with Gasteiger partial charge in [-0.05, 0) is 25.5 Å². The van der Waals surface area contributed by atoms with Gasteiger partial charge in [-0.25, -0.2) is 12.7 Å². The molecule has 0 fully saturated rings. The SMILES string of the molecule is CC(O)CCNc1cccc(S(=O)(=O)N(C)C)c1N. The molecule has 0 amide bonds. The molecule has 0 heterocycles. The van der Waals surface area contributed by atoms with E-state index in [9.17, 15) is 13.5 Å². The smallest absolute Gasteiger partial charge is 0.244 e. The van der Waals surface area contributed by atoms with Crippen LogP contribution < -0.4 is 11.1 Å². The Morgan fingerprint density at radius 1 is 1.42 bits per heavy atom. The molecular weight excluding hydrogens is 266 g/mol. The molecule has 108 valence electrons. The molecule has 0 aromatic heterocycles. The van der Waals surface area contributed by atoms with Crippen molar-refractivity contribution in [3.8, 4) is 0 Å². The van der Waals surface area contributed by atoms with Gasteiger partial charge in [0.05, 0.1) is 17.5 Å². The molecule has 1 aromatic rings. The Hall–Kier alpha value is -1.31. The van der Waals surface area contributed by atoms with Crippen molar-refractivity contribution in [2.24, 2.45) is 0 Å². The predicted molar refractivity (Wildman–Crippen MR) is 76.5 cm³/mol. The first-order chi connectivity index (χ1) is 8.76. The average Bonchev–Trinajstić information content (AvgIpc) is 2.30. The molecule has 1 rings (SSSR count). The lowest BCUT2D eigenvalue weighted by molar-refractivity contribution is 0.189. The lowest BCUT2D eigenvalue weighted by atomic mass is 10.2. The van der Waals surface area contributed by atoms with Crippen LogP contribution in [-0.2, 0) is 10.0 Å². The first-order valence-electron chi connectivity index (χ1n) is 5.99. The number of benzene rings is 1. The summed E-state index contributed by atoms with van der Waals surface area (Å²) in [6.45, 7) is 2.21. The standard InChI is InChI=1S/C12H21N3O3S/c1-9(16)7-8-14-10-5-4-6-11(12(10)13)19(17,18)15(2)3/h4-6,9,14,16H,7-8,13H2,1-3H3. The van der Waals surface area contributed by atoms with Gasteiger partial charge in [0, 0.05) is 20.6 Å². The maximum Gasteiger partial charge on any atom is 0.244 e. The summed E-state index contributed by atoms with van der Waals surface area (Å²) in [5.41, 5.74) is 6.65. The van der Waals surface area contributed by atoms with Crippen molar-refractivity contribution in [2.75, 3.05) is 31.7 Å². The zero-order chi connectivity index (χ0) is 14.6. The second-order valence-electron chi connectivity index (χ2n) is 4.57. The summed E-state index contributed by atoms with van der Waals surface area (Å²) in [5.74, 6) is 0. The van der Waals surface area contributed by atoms with Crippen molar-refractivity contribution in [1.29, 1.82) is 0 Å². The lowest BCUT2D eigenvalue weighted by Gasteiger charge is -2.16. The normalized spacial score (nSPS) is 13.5. The molecule has 4 N–H and O–H groups in total. The number of aliphatic hydroxyl groups excluding tert-OH is 1. The fourth-order valence-electron chi connectivity index (χ4n) is 1.54. The largest absolute Gasteiger partial charge is 0.396 e. The number of aliphatic hydroxyl groups is 1. The highest BCUT2D eigenvalue weighted by atomic mass is 32.2. The van der Waals surface area contributed by atoms with E-state index in [1.165, 1.54) is 20.2 Å². The molecule has 7 heteroatoms. The maximum absolute atomic E-state index is 12.1. The fraction of sp³-hybridized carbons (Fsp3) is 0.500. The van der Waals surface area contributed by atoms with Crippen LogP contribution in [-0.4, -0.2) is 44.6 Å². The molecule has 0 saturated carbocycles. The monoisotopic (exact) mass is 287 g/mol. The topological polar surface area (TPSA) is 95.7 Å². The molecule has 0 bridgehead atoms. The highest BCUT2D eigenvalue weighted by molar-refractivity contribution is 7.89. The minimum Gasteiger partial charge on any atom is -0.396 e. The molecule has 6 nitrogen and oxygen atoms in total. The fourth-order valence-corrected chi connectivity index (χ4v) is 2.57. The predicted octanol–water partition coefficient (Wildman–Crippen LogP) is 0.702. The van der Waals surface area contributed by atoms with Gasteiger partial charge in [-0.1, -0.05) is 6.07 Å². The molecule has 1 atom stereocenters. The van der Waals surface area contributed by atoms with Gasteiger partial charge < -0.3 is 16.2 Å². The number of nitrogens with zero attached hydrogens (tertiary/aromatic N) is 1. The molecule has 0 aliphatic carbocycles. The minimum absolute atomic E-state index is 0.0829. The second-order valence-corrected chi connectivity index (χ2v) is 6.69. The summed E-state index contributed by atoms with van der Waals surface area (Å²) in [4.78, 5) is 0.0829. The number of nitrogens with two attached hydrogens (primary N) is 1. The van der Waals surface area contributed by atoms with Crippen LogP contribution in [0.15, 0.2) is 23.1 Å². The number of hydrogen-bond acceptors (Lipinski definition) is 5. The summed E-state index contributed by atoms with van der Waals surface area (Å²) in [5, 5.41) is 12.2. The molecule has 0 radical (unpaired) electrons. The Kier molecular flexibility index (Phi) is 5.16. The van der Waals surface area contributed by atoms with E-state index in [4.69, 9.17) is 5.73 Å². The number of nitrogen functional groups attached to an aromatic ring is 1. The van der Waals surface area contributed by atoms with Gasteiger partial charge >= 0.3 is 0 Å². The molecule has 0 aliphatic heterocycles. The van der Waals surface area contributed by atoms with Crippen molar-refractivity contribution in [1.82, 2.24) is 4.31 Å². The number of rotatable bonds is 6. The quantitative estimate of drug-likeness (QED) is 0.669. The Balaban J connectivity index is 2.99. The number of anilines is 2. The van der Waals surface area contributed by atoms with Crippen molar-refractivity contribution < 1.29 is 13.5 Å². The van der Waals surface area contributed by atoms with Gasteiger partial charge in [0.15, 0.2) is 0 Å². The van der Waals surface area contributed by atoms with Gasteiger partial charge in [-0.15, -0.1) is 0 Å². The number of hydrogen-bond donors (Lipinski definition) is 3. The Bertz CT molecular complexity index is 527. The minimum atomic E-state index is -3.55. The summed E-state index contributed by atoms with van der Waals surface area (Å²) >= 11 is 0. The van der Waals surface area contributed by atoms with E-state index in [0.717, 1.165) is 4.31 Å². The van der Waals surface area contributed by atoms with Crippen LogP contribution in [0, 0.1) is 0 Å². The van der Waals surface area contributed by atoms with E-state index in [-0.39, 0.29) is 10.6 Å². The third-order valence-corrected chi connectivity index (χ3v) is 4.58. The van der Waals surface area contributed by atoms with Gasteiger partial charge in [0.25, 0.3) is 0 Å². The highest BCUT2D eigenvalue weighted by Crippen LogP contribution is 2.28. The van der Waals surface area contributed by atoms with Crippen LogP contribution in [0.4, 0.5) is 11.4 Å². The molecule has 1 aromatic carbocycles.